The van der Waals surface area contributed by atoms with Crippen molar-refractivity contribution in [2.24, 2.45) is 0 Å². The molecule has 0 radical (unpaired) electrons. The number of nitrogens with one attached hydrogen (secondary N) is 1. The average Bonchev–Trinajstić information content (AvgIpc) is 2.73. The largest absolute Gasteiger partial charge is 0.496 e. The number of nitrogens with zero attached hydrogens (tertiary/aromatic N) is 2. The highest BCUT2D eigenvalue weighted by atomic mass is 16.5. The van der Waals surface area contributed by atoms with Gasteiger partial charge in [-0.3, -0.25) is 9.59 Å². The molecule has 0 aliphatic heterocycles. The van der Waals surface area contributed by atoms with Gasteiger partial charge in [-0.25, -0.2) is 4.98 Å². The van der Waals surface area contributed by atoms with Gasteiger partial charge in [-0.1, -0.05) is 38.1 Å². The first-order valence-corrected chi connectivity index (χ1v) is 9.77. The molecule has 1 aromatic carbocycles. The van der Waals surface area contributed by atoms with Crippen molar-refractivity contribution >= 4 is 11.8 Å². The number of amides is 2. The highest BCUT2D eigenvalue weighted by molar-refractivity contribution is 5.96. The third kappa shape index (κ3) is 5.81. The zero-order chi connectivity index (χ0) is 20.4. The van der Waals surface area contributed by atoms with Gasteiger partial charge in [-0.2, -0.15) is 0 Å². The van der Waals surface area contributed by atoms with Crippen molar-refractivity contribution in [2.75, 3.05) is 26.7 Å². The van der Waals surface area contributed by atoms with Gasteiger partial charge in [-0.05, 0) is 43.0 Å². The van der Waals surface area contributed by atoms with E-state index in [0.29, 0.717) is 31.7 Å². The molecule has 6 heteroatoms. The van der Waals surface area contributed by atoms with Crippen molar-refractivity contribution in [1.29, 1.82) is 0 Å². The van der Waals surface area contributed by atoms with Gasteiger partial charge in [0.1, 0.15) is 17.1 Å². The van der Waals surface area contributed by atoms with Crippen LogP contribution in [-0.4, -0.2) is 48.4 Å². The van der Waals surface area contributed by atoms with E-state index in [1.54, 1.807) is 30.2 Å². The molecule has 0 bridgehead atoms. The summed E-state index contributed by atoms with van der Waals surface area (Å²) in [6.45, 7) is 5.90. The number of hydrogen-bond acceptors (Lipinski definition) is 4. The van der Waals surface area contributed by atoms with Gasteiger partial charge >= 0.3 is 0 Å². The van der Waals surface area contributed by atoms with E-state index in [1.807, 2.05) is 38.1 Å². The summed E-state index contributed by atoms with van der Waals surface area (Å²) >= 11 is 0. The molecule has 2 amide bonds. The molecule has 28 heavy (non-hydrogen) atoms. The number of methoxy groups -OCH3 is 1. The molecule has 2 rings (SSSR count). The van der Waals surface area contributed by atoms with E-state index in [-0.39, 0.29) is 17.5 Å². The Morgan fingerprint density at radius 3 is 2.36 bits per heavy atom. The number of aromatic nitrogens is 1. The Morgan fingerprint density at radius 2 is 1.68 bits per heavy atom. The van der Waals surface area contributed by atoms with Crippen molar-refractivity contribution < 1.29 is 14.3 Å². The Bertz CT molecular complexity index is 786. The van der Waals surface area contributed by atoms with Gasteiger partial charge in [0.05, 0.1) is 7.11 Å². The first-order chi connectivity index (χ1) is 13.6. The minimum Gasteiger partial charge on any atom is -0.496 e. The summed E-state index contributed by atoms with van der Waals surface area (Å²) in [5, 5.41) is 2.86. The molecule has 0 unspecified atom stereocenters. The summed E-state index contributed by atoms with van der Waals surface area (Å²) < 4.78 is 5.32. The number of carbonyl (C=O) groups is 2. The molecule has 0 fully saturated rings. The van der Waals surface area contributed by atoms with E-state index in [1.165, 1.54) is 0 Å². The summed E-state index contributed by atoms with van der Waals surface area (Å²) in [4.78, 5) is 31.2. The lowest BCUT2D eigenvalue weighted by Gasteiger charge is -2.21. The number of ether oxygens (including phenoxy) is 1. The van der Waals surface area contributed by atoms with Crippen LogP contribution < -0.4 is 10.1 Å². The van der Waals surface area contributed by atoms with Crippen molar-refractivity contribution in [3.05, 3.63) is 59.4 Å². The quantitative estimate of drug-likeness (QED) is 0.683. The van der Waals surface area contributed by atoms with E-state index in [0.717, 1.165) is 24.2 Å². The molecule has 150 valence electrons. The Kier molecular flexibility index (Phi) is 8.46. The van der Waals surface area contributed by atoms with Gasteiger partial charge in [0.25, 0.3) is 11.8 Å². The topological polar surface area (TPSA) is 71.5 Å². The molecule has 1 N–H and O–H groups in total. The Morgan fingerprint density at radius 1 is 1.00 bits per heavy atom. The second-order valence-electron chi connectivity index (χ2n) is 6.52. The third-order valence-electron chi connectivity index (χ3n) is 4.35. The zero-order valence-electron chi connectivity index (χ0n) is 16.9. The molecular weight excluding hydrogens is 354 g/mol. The molecule has 0 saturated heterocycles. The van der Waals surface area contributed by atoms with Crippen molar-refractivity contribution in [3.63, 3.8) is 0 Å². The van der Waals surface area contributed by atoms with Gasteiger partial charge in [0, 0.05) is 19.6 Å². The number of rotatable bonds is 10. The Hall–Kier alpha value is -2.89. The molecule has 0 atom stereocenters. The molecule has 0 aliphatic rings. The minimum absolute atomic E-state index is 0.132. The van der Waals surface area contributed by atoms with Crippen LogP contribution in [0.25, 0.3) is 0 Å². The Labute approximate surface area is 166 Å². The predicted octanol–water partition coefficient (Wildman–Crippen LogP) is 3.32. The van der Waals surface area contributed by atoms with Crippen LogP contribution in [0, 0.1) is 0 Å². The fourth-order valence-electron chi connectivity index (χ4n) is 3.01. The van der Waals surface area contributed by atoms with Crippen LogP contribution in [0.1, 0.15) is 53.2 Å². The molecule has 0 aliphatic carbocycles. The molecule has 0 saturated carbocycles. The molecular formula is C22H29N3O3. The highest BCUT2D eigenvalue weighted by Crippen LogP contribution is 2.17. The van der Waals surface area contributed by atoms with Crippen LogP contribution in [-0.2, 0) is 6.42 Å². The van der Waals surface area contributed by atoms with E-state index < -0.39 is 0 Å². The second kappa shape index (κ2) is 11.1. The van der Waals surface area contributed by atoms with Gasteiger partial charge in [0.15, 0.2) is 0 Å². The average molecular weight is 383 g/mol. The summed E-state index contributed by atoms with van der Waals surface area (Å²) in [6.07, 6.45) is 2.42. The maximum Gasteiger partial charge on any atom is 0.272 e. The van der Waals surface area contributed by atoms with Crippen LogP contribution in [0.15, 0.2) is 42.5 Å². The minimum atomic E-state index is -0.290. The van der Waals surface area contributed by atoms with Crippen molar-refractivity contribution in [3.8, 4) is 5.75 Å². The van der Waals surface area contributed by atoms with Crippen LogP contribution in [0.2, 0.25) is 0 Å². The first-order valence-electron chi connectivity index (χ1n) is 9.77. The molecule has 1 heterocycles. The lowest BCUT2D eigenvalue weighted by molar-refractivity contribution is 0.0749. The van der Waals surface area contributed by atoms with Crippen LogP contribution in [0.4, 0.5) is 0 Å². The molecule has 6 nitrogen and oxygen atoms in total. The van der Waals surface area contributed by atoms with E-state index in [9.17, 15) is 9.59 Å². The van der Waals surface area contributed by atoms with Crippen LogP contribution in [0.3, 0.4) is 0 Å². The van der Waals surface area contributed by atoms with Gasteiger partial charge in [0.2, 0.25) is 0 Å². The lowest BCUT2D eigenvalue weighted by atomic mass is 10.1. The standard InChI is InChI=1S/C22H29N3O3/c1-4-15-25(16-5-2)22(27)19-11-8-10-18(24-19)21(26)23-14-13-17-9-6-7-12-20(17)28-3/h6-12H,4-5,13-16H2,1-3H3,(H,23,26). The van der Waals surface area contributed by atoms with Crippen LogP contribution >= 0.6 is 0 Å². The fourth-order valence-corrected chi connectivity index (χ4v) is 3.01. The van der Waals surface area contributed by atoms with E-state index in [2.05, 4.69) is 10.3 Å². The number of benzene rings is 1. The molecule has 2 aromatic rings. The zero-order valence-corrected chi connectivity index (χ0v) is 16.9. The molecule has 1 aromatic heterocycles. The fraction of sp³-hybridized carbons (Fsp3) is 0.409. The monoisotopic (exact) mass is 383 g/mol. The Balaban J connectivity index is 2.00. The molecule has 0 spiro atoms. The SMILES string of the molecule is CCCN(CCC)C(=O)c1cccc(C(=O)NCCc2ccccc2OC)n1. The third-order valence-corrected chi connectivity index (χ3v) is 4.35. The number of carbonyl (C=O) groups excluding carboxylic acids is 2. The number of pyridine rings is 1. The van der Waals surface area contributed by atoms with E-state index in [4.69, 9.17) is 4.74 Å². The second-order valence-corrected chi connectivity index (χ2v) is 6.52. The van der Waals surface area contributed by atoms with Crippen molar-refractivity contribution in [1.82, 2.24) is 15.2 Å². The summed E-state index contributed by atoms with van der Waals surface area (Å²) in [5.74, 6) is 0.379. The number of para-hydroxylation sites is 1. The lowest BCUT2D eigenvalue weighted by Crippen LogP contribution is -2.34. The highest BCUT2D eigenvalue weighted by Gasteiger charge is 2.17. The maximum atomic E-state index is 12.7. The van der Waals surface area contributed by atoms with Crippen molar-refractivity contribution in [2.45, 2.75) is 33.1 Å². The summed E-state index contributed by atoms with van der Waals surface area (Å²) in [6, 6.07) is 12.7. The first kappa shape index (κ1) is 21.4. The summed E-state index contributed by atoms with van der Waals surface area (Å²) in [7, 11) is 1.63. The van der Waals surface area contributed by atoms with Gasteiger partial charge < -0.3 is 15.0 Å². The predicted molar refractivity (Wildman–Crippen MR) is 110 cm³/mol. The van der Waals surface area contributed by atoms with Gasteiger partial charge in [-0.15, -0.1) is 0 Å². The maximum absolute atomic E-state index is 12.7. The smallest absolute Gasteiger partial charge is 0.272 e. The number of hydrogen-bond donors (Lipinski definition) is 1. The van der Waals surface area contributed by atoms with Crippen LogP contribution in [0.5, 0.6) is 5.75 Å². The summed E-state index contributed by atoms with van der Waals surface area (Å²) in [5.41, 5.74) is 1.58. The normalized spacial score (nSPS) is 10.4. The van der Waals surface area contributed by atoms with E-state index >= 15 is 0 Å².